The Bertz CT molecular complexity index is 707. The Labute approximate surface area is 153 Å². The van der Waals surface area contributed by atoms with Crippen molar-refractivity contribution in [1.29, 1.82) is 0 Å². The van der Waals surface area contributed by atoms with Gasteiger partial charge >= 0.3 is 6.03 Å². The average molecular weight is 411 g/mol. The lowest BCUT2D eigenvalue weighted by Crippen LogP contribution is -2.41. The molecule has 3 N–H and O–H groups in total. The van der Waals surface area contributed by atoms with Gasteiger partial charge in [-0.3, -0.25) is 19.3 Å². The third-order valence-electron chi connectivity index (χ3n) is 3.56. The molecule has 0 fully saturated rings. The normalized spacial score (nSPS) is 12.8. The van der Waals surface area contributed by atoms with Crippen LogP contribution in [0.2, 0.25) is 0 Å². The van der Waals surface area contributed by atoms with Crippen molar-refractivity contribution in [1.82, 2.24) is 20.9 Å². The van der Waals surface area contributed by atoms with E-state index in [0.29, 0.717) is 37.2 Å². The number of fused-ring (bicyclic) bond motifs is 1. The molecule has 134 valence electrons. The Morgan fingerprint density at radius 3 is 2.36 bits per heavy atom. The lowest BCUT2D eigenvalue weighted by molar-refractivity contribution is -0.118. The summed E-state index contributed by atoms with van der Waals surface area (Å²) in [6, 6.07) is 4.62. The number of rotatable bonds is 7. The topological polar surface area (TPSA) is 108 Å². The number of nitrogens with zero attached hydrogens (tertiary/aromatic N) is 1. The second kappa shape index (κ2) is 8.61. The standard InChI is InChI=1S/C16H19BrN4O4/c1-10(22)18-6-7-20-16(25)19-5-2-8-21-14(23)12-4-3-11(17)9-13(12)15(21)24/h3-4,9H,2,5-8H2,1H3,(H,18,22)(H2,19,20,25). The highest BCUT2D eigenvalue weighted by Crippen LogP contribution is 2.25. The molecule has 5 amide bonds. The highest BCUT2D eigenvalue weighted by atomic mass is 79.9. The first kappa shape index (κ1) is 18.9. The van der Waals surface area contributed by atoms with Crippen molar-refractivity contribution < 1.29 is 19.2 Å². The van der Waals surface area contributed by atoms with E-state index in [1.54, 1.807) is 18.2 Å². The van der Waals surface area contributed by atoms with Crippen LogP contribution in [0.15, 0.2) is 22.7 Å². The fraction of sp³-hybridized carbons (Fsp3) is 0.375. The number of imide groups is 1. The number of carbonyl (C=O) groups is 4. The number of amides is 5. The summed E-state index contributed by atoms with van der Waals surface area (Å²) in [7, 11) is 0. The van der Waals surface area contributed by atoms with Crippen LogP contribution in [0.4, 0.5) is 4.79 Å². The summed E-state index contributed by atoms with van der Waals surface area (Å²) >= 11 is 3.29. The molecule has 0 bridgehead atoms. The lowest BCUT2D eigenvalue weighted by atomic mass is 10.1. The third kappa shape index (κ3) is 5.02. The molecule has 0 saturated carbocycles. The zero-order valence-corrected chi connectivity index (χ0v) is 15.3. The highest BCUT2D eigenvalue weighted by Gasteiger charge is 2.34. The monoisotopic (exact) mass is 410 g/mol. The van der Waals surface area contributed by atoms with Crippen LogP contribution in [-0.4, -0.2) is 54.8 Å². The molecule has 8 nitrogen and oxygen atoms in total. The molecule has 9 heteroatoms. The smallest absolute Gasteiger partial charge is 0.314 e. The molecule has 0 spiro atoms. The van der Waals surface area contributed by atoms with Gasteiger partial charge in [-0.15, -0.1) is 0 Å². The van der Waals surface area contributed by atoms with Crippen molar-refractivity contribution >= 4 is 39.7 Å². The molecule has 0 unspecified atom stereocenters. The van der Waals surface area contributed by atoms with Crippen molar-refractivity contribution in [2.24, 2.45) is 0 Å². The van der Waals surface area contributed by atoms with Gasteiger partial charge in [-0.25, -0.2) is 4.79 Å². The number of benzene rings is 1. The number of urea groups is 1. The predicted octanol–water partition coefficient (Wildman–Crippen LogP) is 0.870. The van der Waals surface area contributed by atoms with E-state index in [0.717, 1.165) is 4.47 Å². The molecule has 1 aliphatic rings. The zero-order valence-electron chi connectivity index (χ0n) is 13.7. The molecular weight excluding hydrogens is 392 g/mol. The molecule has 1 aromatic carbocycles. The van der Waals surface area contributed by atoms with Gasteiger partial charge in [0.2, 0.25) is 5.91 Å². The van der Waals surface area contributed by atoms with E-state index in [1.165, 1.54) is 11.8 Å². The van der Waals surface area contributed by atoms with E-state index in [9.17, 15) is 19.2 Å². The molecule has 1 aliphatic heterocycles. The zero-order chi connectivity index (χ0) is 18.4. The summed E-state index contributed by atoms with van der Waals surface area (Å²) in [5.74, 6) is -0.788. The minimum absolute atomic E-state index is 0.157. The first-order valence-electron chi connectivity index (χ1n) is 7.82. The number of hydrogen-bond donors (Lipinski definition) is 3. The first-order chi connectivity index (χ1) is 11.9. The SMILES string of the molecule is CC(=O)NCCNC(=O)NCCCN1C(=O)c2ccc(Br)cc2C1=O. The largest absolute Gasteiger partial charge is 0.355 e. The molecule has 1 aromatic rings. The lowest BCUT2D eigenvalue weighted by Gasteiger charge is -2.14. The Morgan fingerprint density at radius 1 is 1.00 bits per heavy atom. The summed E-state index contributed by atoms with van der Waals surface area (Å²) in [5, 5.41) is 7.78. The minimum atomic E-state index is -0.364. The molecule has 0 atom stereocenters. The molecular formula is C16H19BrN4O4. The van der Waals surface area contributed by atoms with E-state index >= 15 is 0 Å². The van der Waals surface area contributed by atoms with Crippen LogP contribution in [0, 0.1) is 0 Å². The summed E-state index contributed by atoms with van der Waals surface area (Å²) in [6.07, 6.45) is 0.450. The molecule has 2 rings (SSSR count). The second-order valence-corrected chi connectivity index (χ2v) is 6.39. The third-order valence-corrected chi connectivity index (χ3v) is 4.05. The second-order valence-electron chi connectivity index (χ2n) is 5.47. The van der Waals surface area contributed by atoms with Gasteiger partial charge in [-0.1, -0.05) is 15.9 Å². The first-order valence-corrected chi connectivity index (χ1v) is 8.61. The van der Waals surface area contributed by atoms with Crippen molar-refractivity contribution in [2.75, 3.05) is 26.2 Å². The molecule has 25 heavy (non-hydrogen) atoms. The van der Waals surface area contributed by atoms with Gasteiger partial charge in [0.1, 0.15) is 0 Å². The van der Waals surface area contributed by atoms with E-state index in [1.807, 2.05) is 0 Å². The Kier molecular flexibility index (Phi) is 6.51. The summed E-state index contributed by atoms with van der Waals surface area (Å²) in [4.78, 5) is 47.9. The van der Waals surface area contributed by atoms with Gasteiger partial charge in [0.05, 0.1) is 11.1 Å². The fourth-order valence-corrected chi connectivity index (χ4v) is 2.74. The average Bonchev–Trinajstić information content (AvgIpc) is 2.79. The van der Waals surface area contributed by atoms with E-state index in [2.05, 4.69) is 31.9 Å². The predicted molar refractivity (Wildman–Crippen MR) is 94.2 cm³/mol. The van der Waals surface area contributed by atoms with Gasteiger partial charge in [0, 0.05) is 37.6 Å². The van der Waals surface area contributed by atoms with Gasteiger partial charge in [-0.05, 0) is 24.6 Å². The number of hydrogen-bond acceptors (Lipinski definition) is 4. The van der Waals surface area contributed by atoms with Crippen LogP contribution in [-0.2, 0) is 4.79 Å². The summed E-state index contributed by atoms with van der Waals surface area (Å²) in [5.41, 5.74) is 0.792. The Morgan fingerprint density at radius 2 is 1.64 bits per heavy atom. The van der Waals surface area contributed by atoms with Crippen LogP contribution < -0.4 is 16.0 Å². The Hall–Kier alpha value is -2.42. The van der Waals surface area contributed by atoms with Crippen molar-refractivity contribution in [3.8, 4) is 0 Å². The van der Waals surface area contributed by atoms with Crippen LogP contribution >= 0.6 is 15.9 Å². The van der Waals surface area contributed by atoms with Gasteiger partial charge in [-0.2, -0.15) is 0 Å². The van der Waals surface area contributed by atoms with E-state index in [-0.39, 0.29) is 30.3 Å². The maximum atomic E-state index is 12.3. The molecule has 1 heterocycles. The van der Waals surface area contributed by atoms with Gasteiger partial charge in [0.15, 0.2) is 0 Å². The fourth-order valence-electron chi connectivity index (χ4n) is 2.38. The van der Waals surface area contributed by atoms with Crippen molar-refractivity contribution in [3.05, 3.63) is 33.8 Å². The van der Waals surface area contributed by atoms with Gasteiger partial charge in [0.25, 0.3) is 11.8 Å². The highest BCUT2D eigenvalue weighted by molar-refractivity contribution is 9.10. The van der Waals surface area contributed by atoms with Crippen LogP contribution in [0.5, 0.6) is 0 Å². The van der Waals surface area contributed by atoms with Crippen LogP contribution in [0.1, 0.15) is 34.1 Å². The molecule has 0 aromatic heterocycles. The maximum Gasteiger partial charge on any atom is 0.314 e. The van der Waals surface area contributed by atoms with Crippen LogP contribution in [0.3, 0.4) is 0 Å². The number of halogens is 1. The number of nitrogens with one attached hydrogen (secondary N) is 3. The summed E-state index contributed by atoms with van der Waals surface area (Å²) in [6.45, 7) is 2.63. The summed E-state index contributed by atoms with van der Waals surface area (Å²) < 4.78 is 0.742. The minimum Gasteiger partial charge on any atom is -0.355 e. The quantitative estimate of drug-likeness (QED) is 0.457. The van der Waals surface area contributed by atoms with E-state index in [4.69, 9.17) is 0 Å². The maximum absolute atomic E-state index is 12.3. The Balaban J connectivity index is 1.71. The molecule has 0 radical (unpaired) electrons. The van der Waals surface area contributed by atoms with Crippen LogP contribution in [0.25, 0.3) is 0 Å². The van der Waals surface area contributed by atoms with Gasteiger partial charge < -0.3 is 16.0 Å². The molecule has 0 aliphatic carbocycles. The van der Waals surface area contributed by atoms with Crippen molar-refractivity contribution in [2.45, 2.75) is 13.3 Å². The molecule has 0 saturated heterocycles. The van der Waals surface area contributed by atoms with E-state index < -0.39 is 0 Å². The number of carbonyl (C=O) groups excluding carboxylic acids is 4. The van der Waals surface area contributed by atoms with Crippen molar-refractivity contribution in [3.63, 3.8) is 0 Å².